The molecule has 5 rings (SSSR count). The Hall–Kier alpha value is -3.78. The first-order chi connectivity index (χ1) is 16.7. The van der Waals surface area contributed by atoms with Crippen LogP contribution < -0.4 is 15.4 Å². The van der Waals surface area contributed by atoms with E-state index in [0.29, 0.717) is 6.61 Å². The van der Waals surface area contributed by atoms with E-state index in [1.54, 1.807) is 24.5 Å². The molecule has 2 atom stereocenters. The molecule has 7 nitrogen and oxygen atoms in total. The van der Waals surface area contributed by atoms with Gasteiger partial charge in [0.1, 0.15) is 11.6 Å². The SMILES string of the molecule is O=C(NCc1ccccn1)c1cc([C@@H]2CCNC[C@H]2COc2ccc3cn[nH]c3c2)ccc1F. The maximum Gasteiger partial charge on any atom is 0.254 e. The maximum absolute atomic E-state index is 14.6. The number of rotatable bonds is 7. The molecule has 0 aliphatic carbocycles. The fraction of sp³-hybridized carbons (Fsp3) is 0.269. The van der Waals surface area contributed by atoms with Crippen molar-refractivity contribution in [3.63, 3.8) is 0 Å². The summed E-state index contributed by atoms with van der Waals surface area (Å²) in [5, 5.41) is 14.2. The lowest BCUT2D eigenvalue weighted by atomic mass is 9.81. The first kappa shape index (κ1) is 22.0. The summed E-state index contributed by atoms with van der Waals surface area (Å²) in [4.78, 5) is 16.9. The van der Waals surface area contributed by atoms with E-state index in [1.807, 2.05) is 36.4 Å². The molecule has 2 aromatic carbocycles. The predicted octanol–water partition coefficient (Wildman–Crippen LogP) is 3.80. The Kier molecular flexibility index (Phi) is 6.49. The molecule has 34 heavy (non-hydrogen) atoms. The van der Waals surface area contributed by atoms with Crippen LogP contribution in [-0.4, -0.2) is 40.8 Å². The number of nitrogens with one attached hydrogen (secondary N) is 3. The van der Waals surface area contributed by atoms with Crippen LogP contribution in [0.15, 0.2) is 67.0 Å². The zero-order valence-corrected chi connectivity index (χ0v) is 18.6. The third-order valence-corrected chi connectivity index (χ3v) is 6.30. The highest BCUT2D eigenvalue weighted by atomic mass is 19.1. The standard InChI is InChI=1S/C26H26FN5O2/c27-24-7-5-17(11-23(24)26(33)30-15-20-3-1-2-9-29-20)22-8-10-28-13-19(22)16-34-21-6-4-18-14-31-32-25(18)12-21/h1-7,9,11-12,14,19,22,28H,8,10,13,15-16H2,(H,30,33)(H,31,32)/t19-,22-/m0/s1. The van der Waals surface area contributed by atoms with Crippen molar-refractivity contribution in [3.8, 4) is 5.75 Å². The minimum absolute atomic E-state index is 0.0522. The number of piperidine rings is 1. The average molecular weight is 460 g/mol. The minimum Gasteiger partial charge on any atom is -0.493 e. The Bertz CT molecular complexity index is 1280. The lowest BCUT2D eigenvalue weighted by Crippen LogP contribution is -2.38. The average Bonchev–Trinajstić information content (AvgIpc) is 3.35. The van der Waals surface area contributed by atoms with Crippen LogP contribution in [0.4, 0.5) is 4.39 Å². The molecule has 1 fully saturated rings. The predicted molar refractivity (Wildman–Crippen MR) is 127 cm³/mol. The minimum atomic E-state index is -0.531. The summed E-state index contributed by atoms with van der Waals surface area (Å²) < 4.78 is 20.7. The fourth-order valence-electron chi connectivity index (χ4n) is 4.46. The van der Waals surface area contributed by atoms with Crippen LogP contribution in [0.25, 0.3) is 10.9 Å². The number of pyridine rings is 1. The van der Waals surface area contributed by atoms with Crippen LogP contribution in [0.3, 0.4) is 0 Å². The molecule has 1 aliphatic heterocycles. The van der Waals surface area contributed by atoms with Crippen molar-refractivity contribution in [2.75, 3.05) is 19.7 Å². The Morgan fingerprint density at radius 1 is 1.18 bits per heavy atom. The van der Waals surface area contributed by atoms with E-state index >= 15 is 0 Å². The molecule has 174 valence electrons. The molecule has 0 bridgehead atoms. The van der Waals surface area contributed by atoms with Crippen LogP contribution in [0.1, 0.15) is 34.0 Å². The maximum atomic E-state index is 14.6. The third kappa shape index (κ3) is 4.92. The molecular weight excluding hydrogens is 433 g/mol. The van der Waals surface area contributed by atoms with Gasteiger partial charge in [-0.15, -0.1) is 0 Å². The Labute approximate surface area is 196 Å². The second-order valence-electron chi connectivity index (χ2n) is 8.53. The molecule has 0 unspecified atom stereocenters. The van der Waals surface area contributed by atoms with Crippen LogP contribution in [0, 0.1) is 11.7 Å². The van der Waals surface area contributed by atoms with E-state index in [9.17, 15) is 9.18 Å². The molecule has 1 amide bonds. The molecule has 0 radical (unpaired) electrons. The van der Waals surface area contributed by atoms with Crippen LogP contribution >= 0.6 is 0 Å². The van der Waals surface area contributed by atoms with Gasteiger partial charge in [-0.3, -0.25) is 14.9 Å². The second kappa shape index (κ2) is 10.0. The molecule has 3 heterocycles. The molecule has 0 saturated carbocycles. The number of ether oxygens (including phenoxy) is 1. The number of carbonyl (C=O) groups is 1. The summed E-state index contributed by atoms with van der Waals surface area (Å²) in [6, 6.07) is 16.2. The lowest BCUT2D eigenvalue weighted by Gasteiger charge is -2.32. The van der Waals surface area contributed by atoms with E-state index in [1.165, 1.54) is 6.07 Å². The number of nitrogens with zero attached hydrogens (tertiary/aromatic N) is 2. The molecule has 1 aliphatic rings. The first-order valence-corrected chi connectivity index (χ1v) is 11.4. The molecule has 1 saturated heterocycles. The zero-order valence-electron chi connectivity index (χ0n) is 18.6. The zero-order chi connectivity index (χ0) is 23.3. The lowest BCUT2D eigenvalue weighted by molar-refractivity contribution is 0.0946. The molecular formula is C26H26FN5O2. The van der Waals surface area contributed by atoms with Gasteiger partial charge < -0.3 is 15.4 Å². The number of hydrogen-bond donors (Lipinski definition) is 3. The third-order valence-electron chi connectivity index (χ3n) is 6.30. The van der Waals surface area contributed by atoms with Gasteiger partial charge in [0.05, 0.1) is 36.1 Å². The number of aromatic amines is 1. The highest BCUT2D eigenvalue weighted by Gasteiger charge is 2.28. The van der Waals surface area contributed by atoms with Crippen molar-refractivity contribution >= 4 is 16.8 Å². The van der Waals surface area contributed by atoms with Gasteiger partial charge in [0.2, 0.25) is 0 Å². The van der Waals surface area contributed by atoms with E-state index in [-0.39, 0.29) is 23.9 Å². The van der Waals surface area contributed by atoms with Gasteiger partial charge in [-0.05, 0) is 60.8 Å². The summed E-state index contributed by atoms with van der Waals surface area (Å²) in [6.07, 6.45) is 4.32. The van der Waals surface area contributed by atoms with Crippen molar-refractivity contribution in [2.24, 2.45) is 5.92 Å². The number of aromatic nitrogens is 3. The fourth-order valence-corrected chi connectivity index (χ4v) is 4.46. The van der Waals surface area contributed by atoms with Crippen LogP contribution in [0.5, 0.6) is 5.75 Å². The Morgan fingerprint density at radius 2 is 2.12 bits per heavy atom. The van der Waals surface area contributed by atoms with Gasteiger partial charge in [-0.1, -0.05) is 12.1 Å². The van der Waals surface area contributed by atoms with E-state index in [2.05, 4.69) is 25.8 Å². The van der Waals surface area contributed by atoms with Crippen LogP contribution in [-0.2, 0) is 6.54 Å². The van der Waals surface area contributed by atoms with Gasteiger partial charge in [-0.25, -0.2) is 4.39 Å². The topological polar surface area (TPSA) is 91.9 Å². The number of benzene rings is 2. The number of H-pyrrole nitrogens is 1. The summed E-state index contributed by atoms with van der Waals surface area (Å²) in [5.41, 5.74) is 2.65. The number of amides is 1. The second-order valence-corrected chi connectivity index (χ2v) is 8.53. The van der Waals surface area contributed by atoms with Crippen molar-refractivity contribution in [2.45, 2.75) is 18.9 Å². The monoisotopic (exact) mass is 459 g/mol. The number of carbonyl (C=O) groups excluding carboxylic acids is 1. The summed E-state index contributed by atoms with van der Waals surface area (Å²) >= 11 is 0. The van der Waals surface area contributed by atoms with E-state index in [4.69, 9.17) is 4.74 Å². The van der Waals surface area contributed by atoms with Gasteiger partial charge in [-0.2, -0.15) is 5.10 Å². The van der Waals surface area contributed by atoms with Crippen molar-refractivity contribution in [1.82, 2.24) is 25.8 Å². The van der Waals surface area contributed by atoms with Crippen molar-refractivity contribution < 1.29 is 13.9 Å². The largest absolute Gasteiger partial charge is 0.493 e. The van der Waals surface area contributed by atoms with Crippen molar-refractivity contribution in [3.05, 3.63) is 89.6 Å². The first-order valence-electron chi connectivity index (χ1n) is 11.4. The van der Waals surface area contributed by atoms with Crippen molar-refractivity contribution in [1.29, 1.82) is 0 Å². The van der Waals surface area contributed by atoms with Gasteiger partial charge in [0, 0.05) is 30.1 Å². The number of halogens is 1. The normalized spacial score (nSPS) is 18.0. The Balaban J connectivity index is 1.29. The molecule has 2 aromatic heterocycles. The van der Waals surface area contributed by atoms with E-state index < -0.39 is 11.7 Å². The molecule has 0 spiro atoms. The van der Waals surface area contributed by atoms with Crippen LogP contribution in [0.2, 0.25) is 0 Å². The Morgan fingerprint density at radius 3 is 3.00 bits per heavy atom. The molecule has 3 N–H and O–H groups in total. The van der Waals surface area contributed by atoms with Gasteiger partial charge in [0.15, 0.2) is 0 Å². The summed E-state index contributed by atoms with van der Waals surface area (Å²) in [6.45, 7) is 2.40. The van der Waals surface area contributed by atoms with Gasteiger partial charge >= 0.3 is 0 Å². The molecule has 4 aromatic rings. The smallest absolute Gasteiger partial charge is 0.254 e. The highest BCUT2D eigenvalue weighted by molar-refractivity contribution is 5.94. The number of fused-ring (bicyclic) bond motifs is 1. The molecule has 8 heteroatoms. The number of hydrogen-bond acceptors (Lipinski definition) is 5. The summed E-state index contributed by atoms with van der Waals surface area (Å²) in [7, 11) is 0. The van der Waals surface area contributed by atoms with Gasteiger partial charge in [0.25, 0.3) is 5.91 Å². The summed E-state index contributed by atoms with van der Waals surface area (Å²) in [5.74, 6) is 0.132. The quantitative estimate of drug-likeness (QED) is 0.391. The van der Waals surface area contributed by atoms with E-state index in [0.717, 1.165) is 47.4 Å². The highest BCUT2D eigenvalue weighted by Crippen LogP contribution is 2.32.